The van der Waals surface area contributed by atoms with Crippen molar-refractivity contribution in [2.24, 2.45) is 0 Å². The molecule has 3 N–H and O–H groups in total. The van der Waals surface area contributed by atoms with Gasteiger partial charge in [0.15, 0.2) is 0 Å². The number of methoxy groups -OCH3 is 2. The molecule has 0 saturated carbocycles. The molecule has 0 amide bonds. The first-order valence-electron chi connectivity index (χ1n) is 6.45. The number of benzene rings is 2. The van der Waals surface area contributed by atoms with E-state index in [4.69, 9.17) is 15.2 Å². The van der Waals surface area contributed by atoms with E-state index in [0.717, 1.165) is 17.0 Å². The molecule has 0 bridgehead atoms. The summed E-state index contributed by atoms with van der Waals surface area (Å²) in [6.45, 7) is 1.96. The first-order valence-corrected chi connectivity index (χ1v) is 6.45. The minimum absolute atomic E-state index is 0.341. The molecule has 21 heavy (non-hydrogen) atoms. The third kappa shape index (κ3) is 3.08. The number of aryl methyl sites for hydroxylation is 1. The van der Waals surface area contributed by atoms with E-state index in [-0.39, 0.29) is 0 Å². The van der Waals surface area contributed by atoms with Crippen LogP contribution in [0.4, 0.5) is 17.1 Å². The van der Waals surface area contributed by atoms with Crippen molar-refractivity contribution in [3.8, 4) is 5.75 Å². The highest BCUT2D eigenvalue weighted by Gasteiger charge is 2.13. The molecule has 0 fully saturated rings. The van der Waals surface area contributed by atoms with Gasteiger partial charge in [0, 0.05) is 5.69 Å². The summed E-state index contributed by atoms with van der Waals surface area (Å²) < 4.78 is 9.89. The molecular weight excluding hydrogens is 268 g/mol. The number of carbonyl (C=O) groups is 1. The van der Waals surface area contributed by atoms with Gasteiger partial charge in [0.25, 0.3) is 0 Å². The van der Waals surface area contributed by atoms with Gasteiger partial charge in [0.05, 0.1) is 31.2 Å². The third-order valence-electron chi connectivity index (χ3n) is 3.21. The van der Waals surface area contributed by atoms with Crippen molar-refractivity contribution in [1.82, 2.24) is 0 Å². The quantitative estimate of drug-likeness (QED) is 0.667. The molecule has 0 atom stereocenters. The largest absolute Gasteiger partial charge is 0.497 e. The number of para-hydroxylation sites is 1. The third-order valence-corrected chi connectivity index (χ3v) is 3.21. The standard InChI is InChI=1S/C16H18N2O3/c1-10-9-11(20-2)7-8-13(10)18-14-6-4-5-12(15(14)17)16(19)21-3/h4-9,18H,17H2,1-3H3. The molecule has 0 saturated heterocycles. The van der Waals surface area contributed by atoms with Crippen LogP contribution in [0.25, 0.3) is 0 Å². The first kappa shape index (κ1) is 14.7. The normalized spacial score (nSPS) is 10.0. The van der Waals surface area contributed by atoms with E-state index in [9.17, 15) is 4.79 Å². The van der Waals surface area contributed by atoms with E-state index in [1.807, 2.05) is 31.2 Å². The van der Waals surface area contributed by atoms with Gasteiger partial charge in [-0.1, -0.05) is 6.07 Å². The summed E-state index contributed by atoms with van der Waals surface area (Å²) in [5.41, 5.74) is 9.29. The molecule has 0 aliphatic heterocycles. The molecule has 110 valence electrons. The Hall–Kier alpha value is -2.69. The Morgan fingerprint density at radius 3 is 2.52 bits per heavy atom. The van der Waals surface area contributed by atoms with Crippen molar-refractivity contribution in [1.29, 1.82) is 0 Å². The fourth-order valence-electron chi connectivity index (χ4n) is 2.01. The molecule has 0 aliphatic carbocycles. The number of hydrogen-bond acceptors (Lipinski definition) is 5. The Morgan fingerprint density at radius 2 is 1.90 bits per heavy atom. The molecule has 2 aromatic rings. The lowest BCUT2D eigenvalue weighted by Gasteiger charge is -2.14. The maximum atomic E-state index is 11.6. The highest BCUT2D eigenvalue weighted by Crippen LogP contribution is 2.29. The van der Waals surface area contributed by atoms with Crippen LogP contribution >= 0.6 is 0 Å². The molecule has 0 aromatic heterocycles. The van der Waals surface area contributed by atoms with Gasteiger partial charge in [-0.15, -0.1) is 0 Å². The summed E-state index contributed by atoms with van der Waals surface area (Å²) in [4.78, 5) is 11.6. The van der Waals surface area contributed by atoms with Gasteiger partial charge in [0.2, 0.25) is 0 Å². The van der Waals surface area contributed by atoms with Crippen molar-refractivity contribution in [2.45, 2.75) is 6.92 Å². The zero-order valence-corrected chi connectivity index (χ0v) is 12.3. The predicted molar refractivity (Wildman–Crippen MR) is 83.2 cm³/mol. The summed E-state index contributed by atoms with van der Waals surface area (Å²) in [7, 11) is 2.95. The summed E-state index contributed by atoms with van der Waals surface area (Å²) in [5.74, 6) is 0.330. The molecule has 0 radical (unpaired) electrons. The van der Waals surface area contributed by atoms with Crippen LogP contribution in [0.1, 0.15) is 15.9 Å². The Morgan fingerprint density at radius 1 is 1.14 bits per heavy atom. The minimum atomic E-state index is -0.456. The number of esters is 1. The SMILES string of the molecule is COC(=O)c1cccc(Nc2ccc(OC)cc2C)c1N. The lowest BCUT2D eigenvalue weighted by Crippen LogP contribution is -2.07. The van der Waals surface area contributed by atoms with Gasteiger partial charge in [-0.25, -0.2) is 4.79 Å². The molecule has 2 rings (SSSR count). The summed E-state index contributed by atoms with van der Waals surface area (Å²) >= 11 is 0. The maximum Gasteiger partial charge on any atom is 0.340 e. The Bertz CT molecular complexity index is 669. The number of anilines is 3. The smallest absolute Gasteiger partial charge is 0.340 e. The second kappa shape index (κ2) is 6.17. The lowest BCUT2D eigenvalue weighted by molar-refractivity contribution is 0.0602. The number of hydrogen-bond donors (Lipinski definition) is 2. The summed E-state index contributed by atoms with van der Waals surface area (Å²) in [6, 6.07) is 10.9. The van der Waals surface area contributed by atoms with Gasteiger partial charge >= 0.3 is 5.97 Å². The Labute approximate surface area is 123 Å². The van der Waals surface area contributed by atoms with Crippen LogP contribution in [0, 0.1) is 6.92 Å². The number of rotatable bonds is 4. The van der Waals surface area contributed by atoms with Crippen molar-refractivity contribution in [3.63, 3.8) is 0 Å². The molecule has 0 heterocycles. The fraction of sp³-hybridized carbons (Fsp3) is 0.188. The predicted octanol–water partition coefficient (Wildman–Crippen LogP) is 3.12. The second-order valence-electron chi connectivity index (χ2n) is 4.56. The summed E-state index contributed by atoms with van der Waals surface area (Å²) in [5, 5.41) is 3.22. The van der Waals surface area contributed by atoms with Crippen molar-refractivity contribution in [3.05, 3.63) is 47.5 Å². The van der Waals surface area contributed by atoms with Crippen LogP contribution < -0.4 is 15.8 Å². The second-order valence-corrected chi connectivity index (χ2v) is 4.56. The number of nitrogens with one attached hydrogen (secondary N) is 1. The fourth-order valence-corrected chi connectivity index (χ4v) is 2.01. The van der Waals surface area contributed by atoms with Gasteiger partial charge in [-0.3, -0.25) is 0 Å². The molecule has 0 spiro atoms. The van der Waals surface area contributed by atoms with Gasteiger partial charge in [-0.2, -0.15) is 0 Å². The Balaban J connectivity index is 2.34. The van der Waals surface area contributed by atoms with Crippen LogP contribution in [-0.4, -0.2) is 20.2 Å². The lowest BCUT2D eigenvalue weighted by atomic mass is 10.1. The zero-order valence-electron chi connectivity index (χ0n) is 12.3. The van der Waals surface area contributed by atoms with Crippen LogP contribution in [0.3, 0.4) is 0 Å². The monoisotopic (exact) mass is 286 g/mol. The van der Waals surface area contributed by atoms with Gasteiger partial charge in [-0.05, 0) is 42.8 Å². The highest BCUT2D eigenvalue weighted by molar-refractivity contribution is 5.98. The number of carbonyl (C=O) groups excluding carboxylic acids is 1. The Kier molecular flexibility index (Phi) is 4.33. The number of ether oxygens (including phenoxy) is 2. The van der Waals surface area contributed by atoms with Gasteiger partial charge in [0.1, 0.15) is 5.75 Å². The average molecular weight is 286 g/mol. The van der Waals surface area contributed by atoms with Crippen LogP contribution in [0.15, 0.2) is 36.4 Å². The van der Waals surface area contributed by atoms with E-state index in [2.05, 4.69) is 5.32 Å². The highest BCUT2D eigenvalue weighted by atomic mass is 16.5. The van der Waals surface area contributed by atoms with E-state index >= 15 is 0 Å². The molecule has 5 heteroatoms. The van der Waals surface area contributed by atoms with Crippen molar-refractivity contribution < 1.29 is 14.3 Å². The topological polar surface area (TPSA) is 73.6 Å². The van der Waals surface area contributed by atoms with Gasteiger partial charge < -0.3 is 20.5 Å². The van der Waals surface area contributed by atoms with Crippen LogP contribution in [0.5, 0.6) is 5.75 Å². The number of nitrogens with two attached hydrogens (primary N) is 1. The first-order chi connectivity index (χ1) is 10.1. The van der Waals surface area contributed by atoms with E-state index < -0.39 is 5.97 Å². The van der Waals surface area contributed by atoms with E-state index in [1.54, 1.807) is 19.2 Å². The van der Waals surface area contributed by atoms with E-state index in [1.165, 1.54) is 7.11 Å². The zero-order chi connectivity index (χ0) is 15.4. The summed E-state index contributed by atoms with van der Waals surface area (Å²) in [6.07, 6.45) is 0. The minimum Gasteiger partial charge on any atom is -0.497 e. The maximum absolute atomic E-state index is 11.6. The number of nitrogen functional groups attached to an aromatic ring is 1. The van der Waals surface area contributed by atoms with E-state index in [0.29, 0.717) is 16.9 Å². The molecule has 2 aromatic carbocycles. The van der Waals surface area contributed by atoms with Crippen molar-refractivity contribution >= 4 is 23.0 Å². The molecule has 0 unspecified atom stereocenters. The van der Waals surface area contributed by atoms with Crippen LogP contribution in [-0.2, 0) is 4.74 Å². The average Bonchev–Trinajstić information content (AvgIpc) is 2.50. The van der Waals surface area contributed by atoms with Crippen LogP contribution in [0.2, 0.25) is 0 Å². The van der Waals surface area contributed by atoms with Crippen molar-refractivity contribution in [2.75, 3.05) is 25.3 Å². The molecular formula is C16H18N2O3. The molecule has 5 nitrogen and oxygen atoms in total. The molecule has 0 aliphatic rings.